The largest absolute Gasteiger partial charge is 0.481 e. The molecular weight excluding hydrogens is 330 g/mol. The van der Waals surface area contributed by atoms with Gasteiger partial charge < -0.3 is 9.52 Å². The monoisotopic (exact) mass is 349 g/mol. The molecular formula is C17H19NO5S. The highest BCUT2D eigenvalue weighted by Crippen LogP contribution is 2.27. The number of hydrogen-bond donors (Lipinski definition) is 2. The molecule has 1 unspecified atom stereocenters. The molecule has 1 aromatic carbocycles. The molecule has 2 aromatic rings. The van der Waals surface area contributed by atoms with E-state index in [1.54, 1.807) is 31.2 Å². The molecule has 0 aliphatic heterocycles. The summed E-state index contributed by atoms with van der Waals surface area (Å²) in [4.78, 5) is 11.2. The molecule has 0 fully saturated rings. The lowest BCUT2D eigenvalue weighted by Crippen LogP contribution is -2.30. The number of benzene rings is 1. The molecule has 1 heterocycles. The Hall–Kier alpha value is -2.12. The number of rotatable bonds is 6. The molecule has 7 heteroatoms. The van der Waals surface area contributed by atoms with Gasteiger partial charge in [0.15, 0.2) is 0 Å². The van der Waals surface area contributed by atoms with Gasteiger partial charge in [0.05, 0.1) is 17.4 Å². The van der Waals surface area contributed by atoms with Crippen molar-refractivity contribution in [2.24, 2.45) is 0 Å². The maximum Gasteiger partial charge on any atom is 0.305 e. The van der Waals surface area contributed by atoms with Gasteiger partial charge in [-0.05, 0) is 61.6 Å². The number of carbonyl (C=O) groups is 1. The molecule has 0 radical (unpaired) electrons. The second-order valence-electron chi connectivity index (χ2n) is 6.00. The number of furan rings is 1. The lowest BCUT2D eigenvalue weighted by molar-refractivity contribution is -0.137. The van der Waals surface area contributed by atoms with Gasteiger partial charge >= 0.3 is 5.97 Å². The van der Waals surface area contributed by atoms with Gasteiger partial charge in [-0.1, -0.05) is 6.07 Å². The van der Waals surface area contributed by atoms with E-state index in [1.807, 2.05) is 6.07 Å². The van der Waals surface area contributed by atoms with Crippen molar-refractivity contribution in [3.8, 4) is 0 Å². The van der Waals surface area contributed by atoms with Crippen LogP contribution in [0.2, 0.25) is 0 Å². The summed E-state index contributed by atoms with van der Waals surface area (Å²) < 4.78 is 33.2. The van der Waals surface area contributed by atoms with Crippen LogP contribution in [-0.4, -0.2) is 19.5 Å². The van der Waals surface area contributed by atoms with E-state index in [0.717, 1.165) is 24.8 Å². The van der Waals surface area contributed by atoms with Crippen LogP contribution in [0.15, 0.2) is 39.6 Å². The van der Waals surface area contributed by atoms with E-state index in [-0.39, 0.29) is 4.90 Å². The lowest BCUT2D eigenvalue weighted by atomic mass is 10.1. The number of aliphatic carboxylic acids is 1. The summed E-state index contributed by atoms with van der Waals surface area (Å²) in [6, 6.07) is 7.39. The fourth-order valence-electron chi connectivity index (χ4n) is 2.99. The molecule has 0 saturated carbocycles. The summed E-state index contributed by atoms with van der Waals surface area (Å²) in [5.41, 5.74) is 2.22. The SMILES string of the molecule is Cc1ccc(C(CC(=O)O)NS(=O)(=O)c2ccc3c(c2)CCC3)o1. The summed E-state index contributed by atoms with van der Waals surface area (Å²) in [5.74, 6) is -0.220. The average molecular weight is 349 g/mol. The minimum atomic E-state index is -3.84. The number of fused-ring (bicyclic) bond motifs is 1. The van der Waals surface area contributed by atoms with Crippen molar-refractivity contribution < 1.29 is 22.7 Å². The van der Waals surface area contributed by atoms with Crippen LogP contribution in [-0.2, 0) is 27.7 Å². The quantitative estimate of drug-likeness (QED) is 0.835. The number of carboxylic acids is 1. The number of nitrogens with one attached hydrogen (secondary N) is 1. The smallest absolute Gasteiger partial charge is 0.305 e. The first-order valence-electron chi connectivity index (χ1n) is 7.77. The topological polar surface area (TPSA) is 96.6 Å². The first-order chi connectivity index (χ1) is 11.3. The minimum absolute atomic E-state index is 0.154. The van der Waals surface area contributed by atoms with Gasteiger partial charge in [-0.25, -0.2) is 8.42 Å². The Morgan fingerprint density at radius 2 is 2.00 bits per heavy atom. The van der Waals surface area contributed by atoms with E-state index in [0.29, 0.717) is 11.5 Å². The molecule has 0 amide bonds. The number of hydrogen-bond acceptors (Lipinski definition) is 4. The predicted molar refractivity (Wildman–Crippen MR) is 87.2 cm³/mol. The number of carboxylic acid groups (broad SMARTS) is 1. The Bertz CT molecular complexity index is 869. The summed E-state index contributed by atoms with van der Waals surface area (Å²) in [7, 11) is -3.84. The molecule has 1 atom stereocenters. The molecule has 6 nitrogen and oxygen atoms in total. The third kappa shape index (κ3) is 3.52. The van der Waals surface area contributed by atoms with Crippen molar-refractivity contribution in [1.29, 1.82) is 0 Å². The van der Waals surface area contributed by atoms with Gasteiger partial charge in [0.25, 0.3) is 0 Å². The first-order valence-corrected chi connectivity index (χ1v) is 9.26. The van der Waals surface area contributed by atoms with E-state index in [4.69, 9.17) is 9.52 Å². The molecule has 0 spiro atoms. The van der Waals surface area contributed by atoms with E-state index in [9.17, 15) is 13.2 Å². The zero-order chi connectivity index (χ0) is 17.3. The highest BCUT2D eigenvalue weighted by atomic mass is 32.2. The van der Waals surface area contributed by atoms with Gasteiger partial charge in [-0.15, -0.1) is 0 Å². The van der Waals surface area contributed by atoms with Crippen LogP contribution in [0, 0.1) is 6.92 Å². The molecule has 3 rings (SSSR count). The van der Waals surface area contributed by atoms with Crippen LogP contribution in [0.3, 0.4) is 0 Å². The predicted octanol–water partition coefficient (Wildman–Crippen LogP) is 2.57. The first kappa shape index (κ1) is 16.7. The van der Waals surface area contributed by atoms with Crippen LogP contribution in [0.4, 0.5) is 0 Å². The van der Waals surface area contributed by atoms with Gasteiger partial charge in [-0.2, -0.15) is 4.72 Å². The van der Waals surface area contributed by atoms with Crippen molar-refractivity contribution in [2.45, 2.75) is 43.5 Å². The van der Waals surface area contributed by atoms with Crippen molar-refractivity contribution in [1.82, 2.24) is 4.72 Å². The lowest BCUT2D eigenvalue weighted by Gasteiger charge is -2.15. The van der Waals surface area contributed by atoms with Crippen molar-refractivity contribution >= 4 is 16.0 Å². The number of sulfonamides is 1. The van der Waals surface area contributed by atoms with E-state index in [2.05, 4.69) is 4.72 Å². The molecule has 24 heavy (non-hydrogen) atoms. The van der Waals surface area contributed by atoms with Crippen LogP contribution in [0.25, 0.3) is 0 Å². The Labute approximate surface area is 140 Å². The second kappa shape index (κ2) is 6.41. The summed E-state index contributed by atoms with van der Waals surface area (Å²) in [5, 5.41) is 9.07. The summed E-state index contributed by atoms with van der Waals surface area (Å²) in [6.45, 7) is 1.72. The maximum absolute atomic E-state index is 12.7. The van der Waals surface area contributed by atoms with E-state index in [1.165, 1.54) is 5.56 Å². The molecule has 128 valence electrons. The fraction of sp³-hybridized carbons (Fsp3) is 0.353. The third-order valence-electron chi connectivity index (χ3n) is 4.16. The van der Waals surface area contributed by atoms with Crippen LogP contribution >= 0.6 is 0 Å². The molecule has 1 aliphatic carbocycles. The average Bonchev–Trinajstić information content (AvgIpc) is 3.13. The van der Waals surface area contributed by atoms with Crippen LogP contribution in [0.5, 0.6) is 0 Å². The highest BCUT2D eigenvalue weighted by molar-refractivity contribution is 7.89. The zero-order valence-electron chi connectivity index (χ0n) is 13.3. The van der Waals surface area contributed by atoms with Crippen molar-refractivity contribution in [3.05, 3.63) is 53.0 Å². The second-order valence-corrected chi connectivity index (χ2v) is 7.72. The van der Waals surface area contributed by atoms with Crippen LogP contribution in [0.1, 0.15) is 41.5 Å². The molecule has 1 aliphatic rings. The van der Waals surface area contributed by atoms with Gasteiger partial charge in [0, 0.05) is 0 Å². The van der Waals surface area contributed by atoms with E-state index < -0.39 is 28.5 Å². The highest BCUT2D eigenvalue weighted by Gasteiger charge is 2.26. The van der Waals surface area contributed by atoms with Crippen LogP contribution < -0.4 is 4.72 Å². The zero-order valence-corrected chi connectivity index (χ0v) is 14.1. The standard InChI is InChI=1S/C17H19NO5S/c1-11-5-8-16(23-11)15(10-17(19)20)18-24(21,22)14-7-6-12-3-2-4-13(12)9-14/h5-9,15,18H,2-4,10H2,1H3,(H,19,20). The van der Waals surface area contributed by atoms with E-state index >= 15 is 0 Å². The molecule has 0 saturated heterocycles. The van der Waals surface area contributed by atoms with Crippen molar-refractivity contribution in [3.63, 3.8) is 0 Å². The fourth-order valence-corrected chi connectivity index (χ4v) is 4.24. The van der Waals surface area contributed by atoms with Gasteiger partial charge in [-0.3, -0.25) is 4.79 Å². The number of aryl methyl sites for hydroxylation is 3. The Balaban J connectivity index is 1.88. The van der Waals surface area contributed by atoms with Crippen molar-refractivity contribution in [2.75, 3.05) is 0 Å². The Morgan fingerprint density at radius 3 is 2.67 bits per heavy atom. The van der Waals surface area contributed by atoms with Gasteiger partial charge in [0.2, 0.25) is 10.0 Å². The van der Waals surface area contributed by atoms with Gasteiger partial charge in [0.1, 0.15) is 11.5 Å². The summed E-state index contributed by atoms with van der Waals surface area (Å²) in [6.07, 6.45) is 2.47. The minimum Gasteiger partial charge on any atom is -0.481 e. The Kier molecular flexibility index (Phi) is 4.47. The molecule has 1 aromatic heterocycles. The summed E-state index contributed by atoms with van der Waals surface area (Å²) >= 11 is 0. The normalized spacial score (nSPS) is 15.2. The molecule has 0 bridgehead atoms. The Morgan fingerprint density at radius 1 is 1.25 bits per heavy atom. The molecule has 2 N–H and O–H groups in total. The maximum atomic E-state index is 12.7. The third-order valence-corrected chi connectivity index (χ3v) is 5.63.